The van der Waals surface area contributed by atoms with Crippen LogP contribution in [0.2, 0.25) is 0 Å². The van der Waals surface area contributed by atoms with Gasteiger partial charge in [-0.1, -0.05) is 32.1 Å². The van der Waals surface area contributed by atoms with E-state index in [-0.39, 0.29) is 17.5 Å². The van der Waals surface area contributed by atoms with Gasteiger partial charge in [0.1, 0.15) is 5.69 Å². The van der Waals surface area contributed by atoms with Crippen LogP contribution in [-0.2, 0) is 0 Å². The molecule has 1 aromatic rings. The van der Waals surface area contributed by atoms with Crippen LogP contribution in [0.4, 0.5) is 11.5 Å². The monoisotopic (exact) mass is 252 g/mol. The number of aryl methyl sites for hydroxylation is 1. The third-order valence-electron chi connectivity index (χ3n) is 3.69. The van der Waals surface area contributed by atoms with Crippen molar-refractivity contribution in [1.29, 1.82) is 0 Å². The summed E-state index contributed by atoms with van der Waals surface area (Å²) >= 11 is 0. The molecule has 2 N–H and O–H groups in total. The predicted molar refractivity (Wildman–Crippen MR) is 69.4 cm³/mol. The van der Waals surface area contributed by atoms with Gasteiger partial charge in [-0.25, -0.2) is 4.68 Å². The van der Waals surface area contributed by atoms with Gasteiger partial charge in [-0.15, -0.1) is 0 Å². The molecule has 18 heavy (non-hydrogen) atoms. The summed E-state index contributed by atoms with van der Waals surface area (Å²) in [5.41, 5.74) is 6.27. The Morgan fingerprint density at radius 2 is 1.83 bits per heavy atom. The summed E-state index contributed by atoms with van der Waals surface area (Å²) in [6.07, 6.45) is 8.09. The largest absolute Gasteiger partial charge is 0.378 e. The van der Waals surface area contributed by atoms with Gasteiger partial charge in [-0.05, 0) is 19.8 Å². The third-order valence-corrected chi connectivity index (χ3v) is 3.69. The summed E-state index contributed by atoms with van der Waals surface area (Å²) < 4.78 is 1.68. The van der Waals surface area contributed by atoms with Gasteiger partial charge < -0.3 is 5.73 Å². The molecule has 1 heterocycles. The lowest BCUT2D eigenvalue weighted by molar-refractivity contribution is -0.384. The van der Waals surface area contributed by atoms with Crippen molar-refractivity contribution in [3.05, 3.63) is 15.8 Å². The number of hydrogen-bond acceptors (Lipinski definition) is 4. The van der Waals surface area contributed by atoms with Crippen LogP contribution in [0.3, 0.4) is 0 Å². The molecule has 0 saturated heterocycles. The van der Waals surface area contributed by atoms with Gasteiger partial charge in [0.15, 0.2) is 0 Å². The van der Waals surface area contributed by atoms with Gasteiger partial charge in [0.2, 0.25) is 5.82 Å². The molecule has 1 fully saturated rings. The molecule has 1 saturated carbocycles. The van der Waals surface area contributed by atoms with Crippen LogP contribution in [-0.4, -0.2) is 14.7 Å². The molecule has 0 spiro atoms. The maximum Gasteiger partial charge on any atom is 0.333 e. The zero-order valence-corrected chi connectivity index (χ0v) is 10.8. The van der Waals surface area contributed by atoms with Crippen molar-refractivity contribution >= 4 is 11.5 Å². The summed E-state index contributed by atoms with van der Waals surface area (Å²) in [5, 5.41) is 15.2. The van der Waals surface area contributed by atoms with Crippen LogP contribution in [0.25, 0.3) is 0 Å². The molecule has 6 nitrogen and oxygen atoms in total. The standard InChI is InChI=1S/C12H20N4O2/c1-9-11(16(17)18)12(13)15(14-9)10-7-5-3-2-4-6-8-10/h10H,2-8,13H2,1H3. The van der Waals surface area contributed by atoms with Crippen LogP contribution in [0.5, 0.6) is 0 Å². The van der Waals surface area contributed by atoms with Crippen molar-refractivity contribution in [2.24, 2.45) is 0 Å². The second-order valence-corrected chi connectivity index (χ2v) is 5.02. The van der Waals surface area contributed by atoms with Gasteiger partial charge in [0.05, 0.1) is 11.0 Å². The average Bonchev–Trinajstić information content (AvgIpc) is 2.53. The molecular weight excluding hydrogens is 232 g/mol. The molecule has 0 aromatic carbocycles. The van der Waals surface area contributed by atoms with E-state index in [1.165, 1.54) is 19.3 Å². The molecule has 0 amide bonds. The van der Waals surface area contributed by atoms with E-state index in [4.69, 9.17) is 5.73 Å². The Kier molecular flexibility index (Phi) is 3.84. The van der Waals surface area contributed by atoms with E-state index in [2.05, 4.69) is 5.10 Å². The molecule has 2 rings (SSSR count). The Morgan fingerprint density at radius 3 is 2.33 bits per heavy atom. The van der Waals surface area contributed by atoms with Gasteiger partial charge >= 0.3 is 5.69 Å². The molecule has 6 heteroatoms. The molecule has 0 atom stereocenters. The number of nitrogens with two attached hydrogens (primary N) is 1. The summed E-state index contributed by atoms with van der Waals surface area (Å²) in [6.45, 7) is 1.65. The number of anilines is 1. The lowest BCUT2D eigenvalue weighted by atomic mass is 9.97. The average molecular weight is 252 g/mol. The summed E-state index contributed by atoms with van der Waals surface area (Å²) in [7, 11) is 0. The van der Waals surface area contributed by atoms with E-state index in [0.717, 1.165) is 25.7 Å². The normalized spacial score (nSPS) is 18.3. The van der Waals surface area contributed by atoms with Crippen molar-refractivity contribution in [3.63, 3.8) is 0 Å². The lowest BCUT2D eigenvalue weighted by Gasteiger charge is -2.20. The number of aromatic nitrogens is 2. The first-order valence-electron chi connectivity index (χ1n) is 6.60. The van der Waals surface area contributed by atoms with Crippen molar-refractivity contribution in [1.82, 2.24) is 9.78 Å². The molecular formula is C12H20N4O2. The van der Waals surface area contributed by atoms with E-state index < -0.39 is 4.92 Å². The van der Waals surface area contributed by atoms with E-state index in [0.29, 0.717) is 5.69 Å². The maximum absolute atomic E-state index is 10.9. The van der Waals surface area contributed by atoms with E-state index in [1.54, 1.807) is 11.6 Å². The Balaban J connectivity index is 2.26. The van der Waals surface area contributed by atoms with Crippen LogP contribution in [0, 0.1) is 17.0 Å². The zero-order chi connectivity index (χ0) is 13.1. The smallest absolute Gasteiger partial charge is 0.333 e. The van der Waals surface area contributed by atoms with E-state index in [1.807, 2.05) is 0 Å². The van der Waals surface area contributed by atoms with Gasteiger partial charge in [-0.2, -0.15) is 5.10 Å². The molecule has 0 bridgehead atoms. The predicted octanol–water partition coefficient (Wildman–Crippen LogP) is 2.97. The fraction of sp³-hybridized carbons (Fsp3) is 0.750. The molecule has 1 aromatic heterocycles. The number of hydrogen-bond donors (Lipinski definition) is 1. The van der Waals surface area contributed by atoms with Crippen molar-refractivity contribution < 1.29 is 4.92 Å². The van der Waals surface area contributed by atoms with Crippen molar-refractivity contribution in [2.75, 3.05) is 5.73 Å². The maximum atomic E-state index is 10.9. The second-order valence-electron chi connectivity index (χ2n) is 5.02. The number of rotatable bonds is 2. The highest BCUT2D eigenvalue weighted by molar-refractivity contribution is 5.56. The Morgan fingerprint density at radius 1 is 1.28 bits per heavy atom. The zero-order valence-electron chi connectivity index (χ0n) is 10.8. The Labute approximate surface area is 106 Å². The first-order chi connectivity index (χ1) is 8.61. The van der Waals surface area contributed by atoms with E-state index >= 15 is 0 Å². The molecule has 0 unspecified atom stereocenters. The minimum atomic E-state index is -0.433. The first kappa shape index (κ1) is 12.9. The van der Waals surface area contributed by atoms with Gasteiger partial charge in [0.25, 0.3) is 0 Å². The lowest BCUT2D eigenvalue weighted by Crippen LogP contribution is -2.15. The summed E-state index contributed by atoms with van der Waals surface area (Å²) in [4.78, 5) is 10.5. The Hall–Kier alpha value is -1.59. The number of nitrogen functional groups attached to an aromatic ring is 1. The van der Waals surface area contributed by atoms with Crippen LogP contribution in [0.15, 0.2) is 0 Å². The second kappa shape index (κ2) is 5.37. The van der Waals surface area contributed by atoms with Crippen molar-refractivity contribution in [3.8, 4) is 0 Å². The van der Waals surface area contributed by atoms with Crippen LogP contribution in [0.1, 0.15) is 56.7 Å². The quantitative estimate of drug-likeness (QED) is 0.647. The minimum absolute atomic E-state index is 0.0305. The van der Waals surface area contributed by atoms with E-state index in [9.17, 15) is 10.1 Å². The topological polar surface area (TPSA) is 87.0 Å². The molecule has 100 valence electrons. The molecule has 0 radical (unpaired) electrons. The van der Waals surface area contributed by atoms with Crippen molar-refractivity contribution in [2.45, 2.75) is 57.9 Å². The first-order valence-corrected chi connectivity index (χ1v) is 6.60. The SMILES string of the molecule is Cc1nn(C2CCCCCCC2)c(N)c1[N+](=O)[O-]. The highest BCUT2D eigenvalue weighted by Crippen LogP contribution is 2.33. The molecule has 1 aliphatic rings. The van der Waals surface area contributed by atoms with Gasteiger partial charge in [-0.3, -0.25) is 10.1 Å². The third kappa shape index (κ3) is 2.47. The highest BCUT2D eigenvalue weighted by Gasteiger charge is 2.26. The fourth-order valence-electron chi connectivity index (χ4n) is 2.74. The number of nitro groups is 1. The minimum Gasteiger partial charge on any atom is -0.378 e. The summed E-state index contributed by atoms with van der Waals surface area (Å²) in [5.74, 6) is 0.211. The van der Waals surface area contributed by atoms with Crippen LogP contribution < -0.4 is 5.73 Å². The number of nitrogens with zero attached hydrogens (tertiary/aromatic N) is 3. The highest BCUT2D eigenvalue weighted by atomic mass is 16.6. The Bertz CT molecular complexity index is 434. The molecule has 0 aliphatic heterocycles. The van der Waals surface area contributed by atoms with Gasteiger partial charge in [0, 0.05) is 0 Å². The fourth-order valence-corrected chi connectivity index (χ4v) is 2.74. The van der Waals surface area contributed by atoms with Crippen LogP contribution >= 0.6 is 0 Å². The summed E-state index contributed by atoms with van der Waals surface area (Å²) in [6, 6.07) is 0.220. The molecule has 1 aliphatic carbocycles.